The number of hydrogen-bond acceptors (Lipinski definition) is 4. The third-order valence-electron chi connectivity index (χ3n) is 3.48. The van der Waals surface area contributed by atoms with Crippen LogP contribution < -0.4 is 14.4 Å². The Morgan fingerprint density at radius 1 is 1.26 bits per heavy atom. The van der Waals surface area contributed by atoms with E-state index < -0.39 is 10.0 Å². The maximum atomic E-state index is 12.3. The predicted molar refractivity (Wildman–Crippen MR) is 92.3 cm³/mol. The van der Waals surface area contributed by atoms with Crippen LogP contribution in [0.15, 0.2) is 24.3 Å². The third-order valence-corrected chi connectivity index (χ3v) is 4.61. The molecule has 0 aliphatic heterocycles. The van der Waals surface area contributed by atoms with E-state index in [2.05, 4.69) is 5.32 Å². The van der Waals surface area contributed by atoms with Crippen molar-refractivity contribution >= 4 is 21.6 Å². The van der Waals surface area contributed by atoms with Crippen LogP contribution >= 0.6 is 0 Å². The fraction of sp³-hybridized carbons (Fsp3) is 0.562. The van der Waals surface area contributed by atoms with Gasteiger partial charge in [0.05, 0.1) is 18.6 Å². The molecule has 7 heteroatoms. The van der Waals surface area contributed by atoms with Crippen LogP contribution in [0.25, 0.3) is 0 Å². The van der Waals surface area contributed by atoms with Crippen LogP contribution in [0.4, 0.5) is 5.69 Å². The molecule has 1 rings (SSSR count). The lowest BCUT2D eigenvalue weighted by Gasteiger charge is -2.28. The smallest absolute Gasteiger partial charge is 0.241 e. The van der Waals surface area contributed by atoms with Gasteiger partial charge in [-0.2, -0.15) is 0 Å². The molecule has 0 radical (unpaired) electrons. The van der Waals surface area contributed by atoms with Gasteiger partial charge in [-0.15, -0.1) is 0 Å². The fourth-order valence-corrected chi connectivity index (χ4v) is 2.82. The van der Waals surface area contributed by atoms with Crippen molar-refractivity contribution in [1.82, 2.24) is 5.32 Å². The van der Waals surface area contributed by atoms with Gasteiger partial charge >= 0.3 is 0 Å². The molecular formula is C16H26N2O4S. The molecule has 1 aromatic carbocycles. The lowest BCUT2D eigenvalue weighted by atomic mass is 10.0. The highest BCUT2D eigenvalue weighted by molar-refractivity contribution is 7.92. The third kappa shape index (κ3) is 5.74. The van der Waals surface area contributed by atoms with Crippen molar-refractivity contribution in [3.8, 4) is 5.75 Å². The molecule has 0 fully saturated rings. The van der Waals surface area contributed by atoms with Gasteiger partial charge in [-0.1, -0.05) is 19.1 Å². The lowest BCUT2D eigenvalue weighted by molar-refractivity contribution is -0.121. The van der Waals surface area contributed by atoms with Gasteiger partial charge in [0.15, 0.2) is 0 Å². The number of sulfonamides is 1. The van der Waals surface area contributed by atoms with Gasteiger partial charge in [0.1, 0.15) is 12.3 Å². The number of amides is 1. The summed E-state index contributed by atoms with van der Waals surface area (Å²) < 4.78 is 30.8. The van der Waals surface area contributed by atoms with Crippen molar-refractivity contribution in [2.24, 2.45) is 0 Å². The topological polar surface area (TPSA) is 75.7 Å². The molecule has 0 aliphatic carbocycles. The first kappa shape index (κ1) is 19.3. The van der Waals surface area contributed by atoms with Crippen LogP contribution in [0.2, 0.25) is 0 Å². The van der Waals surface area contributed by atoms with Crippen LogP contribution in [-0.2, 0) is 14.8 Å². The average molecular weight is 342 g/mol. The van der Waals surface area contributed by atoms with Crippen LogP contribution in [0.3, 0.4) is 0 Å². The Morgan fingerprint density at radius 2 is 1.87 bits per heavy atom. The minimum atomic E-state index is -3.62. The maximum absolute atomic E-state index is 12.3. The highest BCUT2D eigenvalue weighted by atomic mass is 32.2. The maximum Gasteiger partial charge on any atom is 0.241 e. The Balaban J connectivity index is 3.11. The van der Waals surface area contributed by atoms with Gasteiger partial charge in [-0.05, 0) is 39.3 Å². The second-order valence-corrected chi connectivity index (χ2v) is 7.86. The molecule has 0 atom stereocenters. The number of carbonyl (C=O) groups excluding carboxylic acids is 1. The van der Waals surface area contributed by atoms with E-state index in [1.54, 1.807) is 24.3 Å². The molecule has 1 N–H and O–H groups in total. The Kier molecular flexibility index (Phi) is 6.44. The first-order valence-corrected chi connectivity index (χ1v) is 9.46. The van der Waals surface area contributed by atoms with Gasteiger partial charge in [0.2, 0.25) is 15.9 Å². The molecular weight excluding hydrogens is 316 g/mol. The van der Waals surface area contributed by atoms with Crippen LogP contribution in [0.5, 0.6) is 5.75 Å². The van der Waals surface area contributed by atoms with Gasteiger partial charge in [-0.3, -0.25) is 9.10 Å². The molecule has 0 aromatic heterocycles. The molecule has 0 bridgehead atoms. The number of rotatable bonds is 8. The summed E-state index contributed by atoms with van der Waals surface area (Å²) in [6, 6.07) is 6.79. The number of benzene rings is 1. The average Bonchev–Trinajstić information content (AvgIpc) is 2.44. The normalized spacial score (nSPS) is 11.9. The number of nitrogens with one attached hydrogen (secondary N) is 1. The van der Waals surface area contributed by atoms with E-state index in [1.807, 2.05) is 27.7 Å². The first-order valence-electron chi connectivity index (χ1n) is 7.61. The molecule has 23 heavy (non-hydrogen) atoms. The van der Waals surface area contributed by atoms with E-state index >= 15 is 0 Å². The van der Waals surface area contributed by atoms with E-state index in [4.69, 9.17) is 4.74 Å². The number of nitrogens with zero attached hydrogens (tertiary/aromatic N) is 1. The summed E-state index contributed by atoms with van der Waals surface area (Å²) in [5.41, 5.74) is -0.0269. The van der Waals surface area contributed by atoms with Gasteiger partial charge < -0.3 is 10.1 Å². The molecule has 0 aliphatic rings. The summed E-state index contributed by atoms with van der Waals surface area (Å²) in [5.74, 6) is 0.0801. The molecule has 130 valence electrons. The molecule has 1 aromatic rings. The second kappa shape index (κ2) is 7.68. The van der Waals surface area contributed by atoms with Crippen molar-refractivity contribution in [3.63, 3.8) is 0 Å². The van der Waals surface area contributed by atoms with E-state index in [0.717, 1.165) is 17.0 Å². The van der Waals surface area contributed by atoms with E-state index in [0.29, 0.717) is 18.0 Å². The molecule has 0 spiro atoms. The zero-order valence-corrected chi connectivity index (χ0v) is 15.2. The zero-order chi connectivity index (χ0) is 17.7. The number of anilines is 1. The van der Waals surface area contributed by atoms with Crippen LogP contribution in [-0.4, -0.2) is 39.3 Å². The molecule has 0 heterocycles. The summed E-state index contributed by atoms with van der Waals surface area (Å²) in [6.07, 6.45) is 1.82. The minimum Gasteiger partial charge on any atom is -0.492 e. The lowest BCUT2D eigenvalue weighted by Crippen LogP contribution is -2.48. The van der Waals surface area contributed by atoms with Crippen LogP contribution in [0, 0.1) is 0 Å². The number of para-hydroxylation sites is 2. The van der Waals surface area contributed by atoms with E-state index in [9.17, 15) is 13.2 Å². The van der Waals surface area contributed by atoms with Crippen molar-refractivity contribution < 1.29 is 17.9 Å². The standard InChI is InChI=1S/C16H26N2O4S/c1-6-16(3,4)17-15(19)12-18(23(5,20)21)13-10-8-9-11-14(13)22-7-2/h8-11H,6-7,12H2,1-5H3,(H,17,19). The second-order valence-electron chi connectivity index (χ2n) is 5.96. The quantitative estimate of drug-likeness (QED) is 0.785. The van der Waals surface area contributed by atoms with E-state index in [1.165, 1.54) is 0 Å². The molecule has 0 saturated heterocycles. The van der Waals surface area contributed by atoms with Crippen LogP contribution in [0.1, 0.15) is 34.1 Å². The highest BCUT2D eigenvalue weighted by Crippen LogP contribution is 2.29. The molecule has 0 unspecified atom stereocenters. The number of carbonyl (C=O) groups is 1. The summed E-state index contributed by atoms with van der Waals surface area (Å²) in [7, 11) is -3.62. The van der Waals surface area contributed by atoms with Crippen molar-refractivity contribution in [2.75, 3.05) is 23.7 Å². The number of hydrogen-bond donors (Lipinski definition) is 1. The minimum absolute atomic E-state index is 0.285. The van der Waals surface area contributed by atoms with Gasteiger partial charge in [-0.25, -0.2) is 8.42 Å². The summed E-state index contributed by atoms with van der Waals surface area (Å²) in [5, 5.41) is 2.84. The Hall–Kier alpha value is -1.76. The van der Waals surface area contributed by atoms with Crippen molar-refractivity contribution in [3.05, 3.63) is 24.3 Å². The summed E-state index contributed by atoms with van der Waals surface area (Å²) in [4.78, 5) is 12.3. The Morgan fingerprint density at radius 3 is 2.39 bits per heavy atom. The predicted octanol–water partition coefficient (Wildman–Crippen LogP) is 2.16. The van der Waals surface area contributed by atoms with E-state index in [-0.39, 0.29) is 18.0 Å². The van der Waals surface area contributed by atoms with Gasteiger partial charge in [0.25, 0.3) is 0 Å². The SMILES string of the molecule is CCOc1ccccc1N(CC(=O)NC(C)(C)CC)S(C)(=O)=O. The highest BCUT2D eigenvalue weighted by Gasteiger charge is 2.26. The monoisotopic (exact) mass is 342 g/mol. The fourth-order valence-electron chi connectivity index (χ4n) is 1.96. The Labute approximate surface area is 138 Å². The largest absolute Gasteiger partial charge is 0.492 e. The molecule has 0 saturated carbocycles. The number of ether oxygens (including phenoxy) is 1. The zero-order valence-electron chi connectivity index (χ0n) is 14.4. The summed E-state index contributed by atoms with van der Waals surface area (Å²) >= 11 is 0. The van der Waals surface area contributed by atoms with Gasteiger partial charge in [0, 0.05) is 5.54 Å². The van der Waals surface area contributed by atoms with Crippen molar-refractivity contribution in [1.29, 1.82) is 0 Å². The molecule has 1 amide bonds. The summed E-state index contributed by atoms with van der Waals surface area (Å²) in [6.45, 7) is 7.68. The first-order chi connectivity index (χ1) is 10.6. The Bertz CT molecular complexity index is 641. The molecule has 6 nitrogen and oxygen atoms in total. The van der Waals surface area contributed by atoms with Crippen molar-refractivity contribution in [2.45, 2.75) is 39.7 Å².